The number of carboxylic acids is 1. The second-order valence-corrected chi connectivity index (χ2v) is 6.62. The van der Waals surface area contributed by atoms with E-state index in [2.05, 4.69) is 0 Å². The summed E-state index contributed by atoms with van der Waals surface area (Å²) in [5.74, 6) is -0.248. The molecular formula is C18H23NO4. The molecule has 1 aromatic carbocycles. The summed E-state index contributed by atoms with van der Waals surface area (Å²) in [7, 11) is 0. The number of nitrogens with zero attached hydrogens (tertiary/aromatic N) is 1. The van der Waals surface area contributed by atoms with E-state index in [1.54, 1.807) is 0 Å². The topological polar surface area (TPSA) is 66.8 Å². The second-order valence-electron chi connectivity index (χ2n) is 6.62. The lowest BCUT2D eigenvalue weighted by Gasteiger charge is -2.30. The molecule has 1 aliphatic heterocycles. The Kier molecular flexibility index (Phi) is 4.04. The first-order valence-electron chi connectivity index (χ1n) is 8.24. The molecule has 1 aliphatic carbocycles. The number of carbonyl (C=O) groups excluding carboxylic acids is 1. The van der Waals surface area contributed by atoms with Gasteiger partial charge in [0.1, 0.15) is 12.3 Å². The lowest BCUT2D eigenvalue weighted by molar-refractivity contribution is -0.147. The molecule has 0 aromatic heterocycles. The molecule has 5 heteroatoms. The van der Waals surface area contributed by atoms with Gasteiger partial charge in [-0.25, -0.2) is 0 Å². The van der Waals surface area contributed by atoms with Crippen LogP contribution in [0.5, 0.6) is 5.75 Å². The molecule has 1 unspecified atom stereocenters. The van der Waals surface area contributed by atoms with Gasteiger partial charge in [0.15, 0.2) is 0 Å². The van der Waals surface area contributed by atoms with Gasteiger partial charge in [0.25, 0.3) is 0 Å². The molecule has 1 saturated carbocycles. The number of carbonyl (C=O) groups is 2. The first-order chi connectivity index (χ1) is 11.0. The highest BCUT2D eigenvalue weighted by atomic mass is 16.5. The molecule has 1 spiro atoms. The van der Waals surface area contributed by atoms with Gasteiger partial charge >= 0.3 is 5.97 Å². The number of rotatable bonds is 5. The minimum absolute atomic E-state index is 0.0292. The van der Waals surface area contributed by atoms with Crippen molar-refractivity contribution in [3.05, 3.63) is 29.8 Å². The quantitative estimate of drug-likeness (QED) is 0.906. The minimum Gasteiger partial charge on any atom is -0.493 e. The van der Waals surface area contributed by atoms with Crippen molar-refractivity contribution in [2.75, 3.05) is 13.2 Å². The zero-order valence-electron chi connectivity index (χ0n) is 13.6. The third kappa shape index (κ3) is 2.69. The van der Waals surface area contributed by atoms with Crippen LogP contribution in [0, 0.1) is 5.92 Å². The molecule has 124 valence electrons. The Balaban J connectivity index is 1.84. The van der Waals surface area contributed by atoms with E-state index in [1.807, 2.05) is 38.1 Å². The lowest BCUT2D eigenvalue weighted by atomic mass is 9.87. The van der Waals surface area contributed by atoms with E-state index in [4.69, 9.17) is 9.84 Å². The Labute approximate surface area is 136 Å². The van der Waals surface area contributed by atoms with E-state index in [0.717, 1.165) is 30.6 Å². The Morgan fingerprint density at radius 2 is 2.17 bits per heavy atom. The predicted octanol–water partition coefficient (Wildman–Crippen LogP) is 2.44. The maximum atomic E-state index is 12.9. The average Bonchev–Trinajstić information content (AvgIpc) is 3.26. The van der Waals surface area contributed by atoms with Gasteiger partial charge in [0.05, 0.1) is 6.61 Å². The number of carboxylic acid groups (broad SMARTS) is 1. The number of benzene rings is 1. The number of para-hydroxylation sites is 1. The molecule has 23 heavy (non-hydrogen) atoms. The highest BCUT2D eigenvalue weighted by molar-refractivity contribution is 5.88. The van der Waals surface area contributed by atoms with Gasteiger partial charge in [-0.05, 0) is 32.3 Å². The van der Waals surface area contributed by atoms with Crippen LogP contribution >= 0.6 is 0 Å². The normalized spacial score (nSPS) is 26.1. The zero-order chi connectivity index (χ0) is 16.6. The first kappa shape index (κ1) is 15.8. The van der Waals surface area contributed by atoms with Gasteiger partial charge in [0.2, 0.25) is 5.91 Å². The van der Waals surface area contributed by atoms with Crippen LogP contribution in [-0.2, 0) is 15.0 Å². The molecule has 2 aliphatic rings. The molecule has 1 amide bonds. The molecule has 0 saturated heterocycles. The molecule has 1 fully saturated rings. The fourth-order valence-electron chi connectivity index (χ4n) is 3.70. The monoisotopic (exact) mass is 317 g/mol. The van der Waals surface area contributed by atoms with Gasteiger partial charge < -0.3 is 14.7 Å². The van der Waals surface area contributed by atoms with Crippen LogP contribution in [0.15, 0.2) is 24.3 Å². The van der Waals surface area contributed by atoms with E-state index in [-0.39, 0.29) is 29.8 Å². The van der Waals surface area contributed by atoms with E-state index >= 15 is 0 Å². The van der Waals surface area contributed by atoms with E-state index in [9.17, 15) is 9.59 Å². The number of hydrogen-bond donors (Lipinski definition) is 1. The SMILES string of the molecule is CCC(C)N(CC(=O)O)C(=O)[C@@H]1C[C@]12CCOc1ccccc12. The third-order valence-electron chi connectivity index (χ3n) is 5.31. The fourth-order valence-corrected chi connectivity index (χ4v) is 3.70. The highest BCUT2D eigenvalue weighted by Gasteiger charge is 2.62. The standard InChI is InChI=1S/C18H23NO4/c1-3-12(2)19(11-16(20)21)17(22)14-10-18(14)8-9-23-15-7-5-4-6-13(15)18/h4-7,12,14H,3,8-11H2,1-2H3,(H,20,21)/t12?,14-,18-/m0/s1. The maximum absolute atomic E-state index is 12.9. The van der Waals surface area contributed by atoms with Gasteiger partial charge in [0, 0.05) is 22.9 Å². The summed E-state index contributed by atoms with van der Waals surface area (Å²) in [6.07, 6.45) is 2.36. The summed E-state index contributed by atoms with van der Waals surface area (Å²) in [4.78, 5) is 25.6. The predicted molar refractivity (Wildman–Crippen MR) is 85.4 cm³/mol. The number of ether oxygens (including phenoxy) is 1. The number of aliphatic carboxylic acids is 1. The summed E-state index contributed by atoms with van der Waals surface area (Å²) >= 11 is 0. The average molecular weight is 317 g/mol. The van der Waals surface area contributed by atoms with Crippen molar-refractivity contribution in [1.29, 1.82) is 0 Å². The zero-order valence-corrected chi connectivity index (χ0v) is 13.6. The number of fused-ring (bicyclic) bond motifs is 2. The molecule has 1 heterocycles. The van der Waals surface area contributed by atoms with Crippen molar-refractivity contribution in [3.63, 3.8) is 0 Å². The third-order valence-corrected chi connectivity index (χ3v) is 5.31. The van der Waals surface area contributed by atoms with Crippen molar-refractivity contribution >= 4 is 11.9 Å². The molecule has 1 N–H and O–H groups in total. The van der Waals surface area contributed by atoms with Crippen molar-refractivity contribution in [2.45, 2.75) is 44.6 Å². The first-order valence-corrected chi connectivity index (χ1v) is 8.24. The van der Waals surface area contributed by atoms with Crippen molar-refractivity contribution in [1.82, 2.24) is 4.90 Å². The second kappa shape index (κ2) is 5.87. The van der Waals surface area contributed by atoms with Crippen LogP contribution in [0.3, 0.4) is 0 Å². The maximum Gasteiger partial charge on any atom is 0.323 e. The van der Waals surface area contributed by atoms with E-state index < -0.39 is 5.97 Å². The summed E-state index contributed by atoms with van der Waals surface area (Å²) in [6, 6.07) is 7.82. The number of hydrogen-bond acceptors (Lipinski definition) is 3. The van der Waals surface area contributed by atoms with Crippen LogP contribution in [0.2, 0.25) is 0 Å². The van der Waals surface area contributed by atoms with E-state index in [1.165, 1.54) is 4.90 Å². The summed E-state index contributed by atoms with van der Waals surface area (Å²) < 4.78 is 5.70. The van der Waals surface area contributed by atoms with Crippen LogP contribution in [0.4, 0.5) is 0 Å². The number of amides is 1. The van der Waals surface area contributed by atoms with Gasteiger partial charge in [-0.1, -0.05) is 25.1 Å². The molecule has 5 nitrogen and oxygen atoms in total. The largest absolute Gasteiger partial charge is 0.493 e. The molecule has 1 aromatic rings. The molecule has 3 atom stereocenters. The molecule has 3 rings (SSSR count). The van der Waals surface area contributed by atoms with Gasteiger partial charge in [-0.2, -0.15) is 0 Å². The Morgan fingerprint density at radius 1 is 1.43 bits per heavy atom. The minimum atomic E-state index is -0.958. The van der Waals surface area contributed by atoms with Crippen molar-refractivity contribution in [2.24, 2.45) is 5.92 Å². The van der Waals surface area contributed by atoms with Crippen LogP contribution in [0.25, 0.3) is 0 Å². The Bertz CT molecular complexity index is 629. The van der Waals surface area contributed by atoms with Crippen molar-refractivity contribution in [3.8, 4) is 5.75 Å². The van der Waals surface area contributed by atoms with Crippen molar-refractivity contribution < 1.29 is 19.4 Å². The lowest BCUT2D eigenvalue weighted by Crippen LogP contribution is -2.44. The summed E-state index contributed by atoms with van der Waals surface area (Å²) in [6.45, 7) is 4.27. The summed E-state index contributed by atoms with van der Waals surface area (Å²) in [5.41, 5.74) is 0.944. The summed E-state index contributed by atoms with van der Waals surface area (Å²) in [5, 5.41) is 9.13. The van der Waals surface area contributed by atoms with Crippen LogP contribution < -0.4 is 4.74 Å². The fraction of sp³-hybridized carbons (Fsp3) is 0.556. The van der Waals surface area contributed by atoms with Crippen LogP contribution in [0.1, 0.15) is 38.7 Å². The molecule has 0 radical (unpaired) electrons. The Hall–Kier alpha value is -2.04. The molecular weight excluding hydrogens is 294 g/mol. The molecule has 0 bridgehead atoms. The van der Waals surface area contributed by atoms with Gasteiger partial charge in [-0.15, -0.1) is 0 Å². The van der Waals surface area contributed by atoms with E-state index in [0.29, 0.717) is 6.61 Å². The van der Waals surface area contributed by atoms with Crippen LogP contribution in [-0.4, -0.2) is 41.1 Å². The van der Waals surface area contributed by atoms with Gasteiger partial charge in [-0.3, -0.25) is 9.59 Å². The smallest absolute Gasteiger partial charge is 0.323 e. The highest BCUT2D eigenvalue weighted by Crippen LogP contribution is 2.61. The Morgan fingerprint density at radius 3 is 2.87 bits per heavy atom.